The van der Waals surface area contributed by atoms with Gasteiger partial charge < -0.3 is 24.3 Å². The average Bonchev–Trinajstić information content (AvgIpc) is 3.12. The Morgan fingerprint density at radius 2 is 1.81 bits per heavy atom. The number of benzene rings is 2. The summed E-state index contributed by atoms with van der Waals surface area (Å²) >= 11 is 0. The Morgan fingerprint density at radius 1 is 1.06 bits per heavy atom. The number of rotatable bonds is 8. The van der Waals surface area contributed by atoms with Gasteiger partial charge in [0.25, 0.3) is 5.91 Å². The van der Waals surface area contributed by atoms with Crippen LogP contribution in [-0.4, -0.2) is 38.3 Å². The van der Waals surface area contributed by atoms with Crippen LogP contribution in [0.1, 0.15) is 49.0 Å². The number of fused-ring (bicyclic) bond motifs is 1. The molecule has 2 aromatic carbocycles. The van der Waals surface area contributed by atoms with Crippen molar-refractivity contribution >= 4 is 11.9 Å². The summed E-state index contributed by atoms with van der Waals surface area (Å²) in [5.74, 6) is 1.20. The van der Waals surface area contributed by atoms with Crippen molar-refractivity contribution < 1.29 is 28.5 Å². The number of hydrogen-bond acceptors (Lipinski definition) is 6. The number of carbonyl (C=O) groups excluding carboxylic acids is 2. The highest BCUT2D eigenvalue weighted by Gasteiger charge is 2.36. The van der Waals surface area contributed by atoms with Gasteiger partial charge in [-0.1, -0.05) is 12.5 Å². The quantitative estimate of drug-likeness (QED) is 0.623. The fourth-order valence-corrected chi connectivity index (χ4v) is 3.95. The summed E-state index contributed by atoms with van der Waals surface area (Å²) in [7, 11) is 3.08. The summed E-state index contributed by atoms with van der Waals surface area (Å²) in [6, 6.07) is 9.26. The zero-order chi connectivity index (χ0) is 22.9. The molecule has 2 aliphatic rings. The first-order valence-electron chi connectivity index (χ1n) is 10.9. The molecule has 1 fully saturated rings. The van der Waals surface area contributed by atoms with Crippen LogP contribution >= 0.6 is 0 Å². The van der Waals surface area contributed by atoms with Crippen LogP contribution in [-0.2, 0) is 16.1 Å². The van der Waals surface area contributed by atoms with Gasteiger partial charge in [-0.3, -0.25) is 4.79 Å². The Bertz CT molecular complexity index is 1040. The van der Waals surface area contributed by atoms with E-state index in [9.17, 15) is 9.59 Å². The molecule has 0 spiro atoms. The molecule has 1 heterocycles. The zero-order valence-corrected chi connectivity index (χ0v) is 18.9. The maximum absolute atomic E-state index is 12.8. The molecule has 7 nitrogen and oxygen atoms in total. The largest absolute Gasteiger partial charge is 0.493 e. The molecule has 1 aliphatic carbocycles. The van der Waals surface area contributed by atoms with Crippen molar-refractivity contribution in [3.05, 3.63) is 41.5 Å². The predicted octanol–water partition coefficient (Wildman–Crippen LogP) is 4.11. The highest BCUT2D eigenvalue weighted by Crippen LogP contribution is 2.46. The molecule has 0 radical (unpaired) electrons. The second-order valence-corrected chi connectivity index (χ2v) is 8.74. The molecule has 2 aromatic rings. The molecule has 4 rings (SSSR count). The molecule has 7 heteroatoms. The van der Waals surface area contributed by atoms with E-state index >= 15 is 0 Å². The Hall–Kier alpha value is -3.22. The second-order valence-electron chi connectivity index (χ2n) is 8.74. The summed E-state index contributed by atoms with van der Waals surface area (Å²) in [4.78, 5) is 24.8. The van der Waals surface area contributed by atoms with Crippen molar-refractivity contribution in [3.63, 3.8) is 0 Å². The van der Waals surface area contributed by atoms with E-state index < -0.39 is 11.6 Å². The molecule has 1 amide bonds. The first-order chi connectivity index (χ1) is 15.3. The van der Waals surface area contributed by atoms with E-state index in [0.717, 1.165) is 29.5 Å². The van der Waals surface area contributed by atoms with Crippen LogP contribution in [0.4, 0.5) is 0 Å². The van der Waals surface area contributed by atoms with Gasteiger partial charge in [-0.15, -0.1) is 0 Å². The van der Waals surface area contributed by atoms with E-state index in [1.165, 1.54) is 13.5 Å². The summed E-state index contributed by atoms with van der Waals surface area (Å²) in [6.07, 6.45) is 3.38. The molecule has 0 unspecified atom stereocenters. The number of amides is 1. The van der Waals surface area contributed by atoms with Gasteiger partial charge >= 0.3 is 5.97 Å². The smallest absolute Gasteiger partial charge is 0.349 e. The first-order valence-corrected chi connectivity index (χ1v) is 10.9. The van der Waals surface area contributed by atoms with Crippen molar-refractivity contribution in [1.29, 1.82) is 0 Å². The molecular weight excluding hydrogens is 410 g/mol. The van der Waals surface area contributed by atoms with Gasteiger partial charge in [0.2, 0.25) is 5.75 Å². The van der Waals surface area contributed by atoms with Gasteiger partial charge in [-0.05, 0) is 68.0 Å². The van der Waals surface area contributed by atoms with Crippen LogP contribution in [0.3, 0.4) is 0 Å². The molecule has 1 aliphatic heterocycles. The minimum Gasteiger partial charge on any atom is -0.493 e. The lowest BCUT2D eigenvalue weighted by atomic mass is 9.86. The normalized spacial score (nSPS) is 15.4. The van der Waals surface area contributed by atoms with E-state index in [1.807, 2.05) is 18.2 Å². The summed E-state index contributed by atoms with van der Waals surface area (Å²) in [5, 5.41) is 2.83. The third-order valence-corrected chi connectivity index (χ3v) is 6.12. The second kappa shape index (κ2) is 8.73. The zero-order valence-electron chi connectivity index (χ0n) is 18.9. The molecule has 1 saturated carbocycles. The van der Waals surface area contributed by atoms with E-state index in [-0.39, 0.29) is 5.91 Å². The first kappa shape index (κ1) is 22.0. The van der Waals surface area contributed by atoms with Crippen LogP contribution in [0.2, 0.25) is 0 Å². The van der Waals surface area contributed by atoms with E-state index in [4.69, 9.17) is 18.9 Å². The predicted molar refractivity (Wildman–Crippen MR) is 119 cm³/mol. The SMILES string of the molecule is COc1ccc(-c2ccc3c(c2)CNC3=O)c(OC(C)(C)C(=O)OCC2CCC2)c1OC. The topological polar surface area (TPSA) is 83.1 Å². The summed E-state index contributed by atoms with van der Waals surface area (Å²) in [5.41, 5.74) is 1.90. The third kappa shape index (κ3) is 4.11. The lowest BCUT2D eigenvalue weighted by molar-refractivity contribution is -0.161. The van der Waals surface area contributed by atoms with Gasteiger partial charge in [0.1, 0.15) is 0 Å². The highest BCUT2D eigenvalue weighted by atomic mass is 16.6. The number of carbonyl (C=O) groups is 2. The standard InChI is InChI=1S/C25H29NO6/c1-25(2,24(28)31-14-15-6-5-7-15)32-21-18(10-11-20(29-3)22(21)30-4)16-8-9-19-17(12-16)13-26-23(19)27/h8-12,15H,5-7,13-14H2,1-4H3,(H,26,27). The van der Waals surface area contributed by atoms with Crippen molar-refractivity contribution in [1.82, 2.24) is 5.32 Å². The fraction of sp³-hybridized carbons (Fsp3) is 0.440. The lowest BCUT2D eigenvalue weighted by Gasteiger charge is -2.30. The maximum atomic E-state index is 12.8. The Morgan fingerprint density at radius 3 is 2.47 bits per heavy atom. The Labute approximate surface area is 188 Å². The molecular formula is C25H29NO6. The lowest BCUT2D eigenvalue weighted by Crippen LogP contribution is -2.41. The maximum Gasteiger partial charge on any atom is 0.349 e. The molecule has 32 heavy (non-hydrogen) atoms. The molecule has 0 atom stereocenters. The van der Waals surface area contributed by atoms with E-state index in [0.29, 0.717) is 41.9 Å². The number of esters is 1. The number of methoxy groups -OCH3 is 2. The van der Waals surface area contributed by atoms with E-state index in [2.05, 4.69) is 5.32 Å². The number of hydrogen-bond donors (Lipinski definition) is 1. The van der Waals surface area contributed by atoms with Crippen LogP contribution in [0.5, 0.6) is 17.2 Å². The highest BCUT2D eigenvalue weighted by molar-refractivity contribution is 5.99. The minimum absolute atomic E-state index is 0.0781. The van der Waals surface area contributed by atoms with Gasteiger partial charge in [0, 0.05) is 17.7 Å². The summed E-state index contributed by atoms with van der Waals surface area (Å²) in [6.45, 7) is 4.26. The molecule has 1 N–H and O–H groups in total. The van der Waals surface area contributed by atoms with Crippen molar-refractivity contribution in [2.24, 2.45) is 5.92 Å². The Balaban J connectivity index is 1.69. The van der Waals surface area contributed by atoms with Gasteiger partial charge in [0.15, 0.2) is 17.1 Å². The molecule has 0 saturated heterocycles. The van der Waals surface area contributed by atoms with Crippen LogP contribution in [0.15, 0.2) is 30.3 Å². The molecule has 0 aromatic heterocycles. The third-order valence-electron chi connectivity index (χ3n) is 6.12. The minimum atomic E-state index is -1.24. The average molecular weight is 440 g/mol. The van der Waals surface area contributed by atoms with E-state index in [1.54, 1.807) is 33.1 Å². The van der Waals surface area contributed by atoms with Crippen LogP contribution in [0.25, 0.3) is 11.1 Å². The van der Waals surface area contributed by atoms with Gasteiger partial charge in [-0.25, -0.2) is 4.79 Å². The van der Waals surface area contributed by atoms with Crippen molar-refractivity contribution in [2.45, 2.75) is 45.3 Å². The van der Waals surface area contributed by atoms with Gasteiger partial charge in [0.05, 0.1) is 20.8 Å². The summed E-state index contributed by atoms with van der Waals surface area (Å²) < 4.78 is 22.9. The van der Waals surface area contributed by atoms with Crippen molar-refractivity contribution in [3.8, 4) is 28.4 Å². The van der Waals surface area contributed by atoms with Crippen molar-refractivity contribution in [2.75, 3.05) is 20.8 Å². The fourth-order valence-electron chi connectivity index (χ4n) is 3.95. The van der Waals surface area contributed by atoms with Crippen LogP contribution < -0.4 is 19.5 Å². The van der Waals surface area contributed by atoms with Crippen LogP contribution in [0, 0.1) is 5.92 Å². The van der Waals surface area contributed by atoms with Gasteiger partial charge in [-0.2, -0.15) is 0 Å². The monoisotopic (exact) mass is 439 g/mol. The molecule has 0 bridgehead atoms. The molecule has 170 valence electrons. The number of nitrogens with one attached hydrogen (secondary N) is 1. The number of ether oxygens (including phenoxy) is 4. The Kier molecular flexibility index (Phi) is 6.00.